The summed E-state index contributed by atoms with van der Waals surface area (Å²) in [5.74, 6) is 0. The molecule has 2 unspecified atom stereocenters. The van der Waals surface area contributed by atoms with Crippen LogP contribution < -0.4 is 5.32 Å². The summed E-state index contributed by atoms with van der Waals surface area (Å²) >= 11 is 0. The van der Waals surface area contributed by atoms with Gasteiger partial charge in [-0.05, 0) is 24.7 Å². The normalized spacial score (nSPS) is 34.5. The second kappa shape index (κ2) is 5.89. The standard InChI is InChI=1S/C15H29NO2/c1-4-14(2,3)12-13-15(18-11-8-16-13)6-5-9-17-10-7-15/h13,16H,4-12H2,1-3H3. The van der Waals surface area contributed by atoms with Crippen LogP contribution in [0.2, 0.25) is 0 Å². The molecule has 0 aromatic carbocycles. The molecule has 0 aliphatic carbocycles. The van der Waals surface area contributed by atoms with Crippen molar-refractivity contribution in [3.63, 3.8) is 0 Å². The van der Waals surface area contributed by atoms with Crippen molar-refractivity contribution in [3.8, 4) is 0 Å². The number of hydrogen-bond donors (Lipinski definition) is 1. The SMILES string of the molecule is CCC(C)(C)CC1NCCOC12CCCOCC2. The molecule has 0 aromatic rings. The van der Waals surface area contributed by atoms with E-state index in [-0.39, 0.29) is 5.60 Å². The van der Waals surface area contributed by atoms with Gasteiger partial charge in [0.15, 0.2) is 0 Å². The Morgan fingerprint density at radius 1 is 1.22 bits per heavy atom. The molecule has 0 radical (unpaired) electrons. The first-order valence-corrected chi connectivity index (χ1v) is 7.53. The highest BCUT2D eigenvalue weighted by atomic mass is 16.5. The Labute approximate surface area is 112 Å². The first-order chi connectivity index (χ1) is 8.58. The van der Waals surface area contributed by atoms with Crippen LogP contribution in [0.3, 0.4) is 0 Å². The van der Waals surface area contributed by atoms with E-state index in [4.69, 9.17) is 9.47 Å². The summed E-state index contributed by atoms with van der Waals surface area (Å²) in [5.41, 5.74) is 0.416. The van der Waals surface area contributed by atoms with Gasteiger partial charge in [0.05, 0.1) is 12.2 Å². The zero-order valence-corrected chi connectivity index (χ0v) is 12.3. The zero-order valence-electron chi connectivity index (χ0n) is 12.3. The Morgan fingerprint density at radius 3 is 2.83 bits per heavy atom. The largest absolute Gasteiger partial charge is 0.381 e. The van der Waals surface area contributed by atoms with Crippen LogP contribution in [0.25, 0.3) is 0 Å². The predicted molar refractivity (Wildman–Crippen MR) is 73.8 cm³/mol. The van der Waals surface area contributed by atoms with E-state index in [0.717, 1.165) is 45.6 Å². The van der Waals surface area contributed by atoms with E-state index in [9.17, 15) is 0 Å². The summed E-state index contributed by atoms with van der Waals surface area (Å²) in [5, 5.41) is 3.72. The first-order valence-electron chi connectivity index (χ1n) is 7.53. The van der Waals surface area contributed by atoms with Crippen LogP contribution in [-0.4, -0.2) is 38.0 Å². The minimum absolute atomic E-state index is 0.0290. The maximum atomic E-state index is 6.25. The third kappa shape index (κ3) is 3.25. The number of hydrogen-bond acceptors (Lipinski definition) is 3. The topological polar surface area (TPSA) is 30.5 Å². The van der Waals surface area contributed by atoms with Crippen LogP contribution in [0.15, 0.2) is 0 Å². The van der Waals surface area contributed by atoms with Gasteiger partial charge in [0.25, 0.3) is 0 Å². The van der Waals surface area contributed by atoms with Crippen LogP contribution in [0, 0.1) is 5.41 Å². The van der Waals surface area contributed by atoms with Crippen molar-refractivity contribution < 1.29 is 9.47 Å². The Bertz CT molecular complexity index is 257. The van der Waals surface area contributed by atoms with Gasteiger partial charge in [-0.3, -0.25) is 0 Å². The monoisotopic (exact) mass is 255 g/mol. The van der Waals surface area contributed by atoms with Gasteiger partial charge in [0, 0.05) is 32.2 Å². The van der Waals surface area contributed by atoms with Gasteiger partial charge in [-0.15, -0.1) is 0 Å². The molecule has 2 aliphatic rings. The fraction of sp³-hybridized carbons (Fsp3) is 1.00. The summed E-state index contributed by atoms with van der Waals surface area (Å²) in [6, 6.07) is 0.489. The van der Waals surface area contributed by atoms with Crippen molar-refractivity contribution in [2.75, 3.05) is 26.4 Å². The molecule has 2 fully saturated rings. The highest BCUT2D eigenvalue weighted by Crippen LogP contribution is 2.38. The molecule has 3 heteroatoms. The van der Waals surface area contributed by atoms with Gasteiger partial charge in [-0.25, -0.2) is 0 Å². The average Bonchev–Trinajstić information content (AvgIpc) is 2.59. The molecule has 2 saturated heterocycles. The Morgan fingerprint density at radius 2 is 2.06 bits per heavy atom. The van der Waals surface area contributed by atoms with Crippen LogP contribution in [0.1, 0.15) is 52.9 Å². The molecule has 106 valence electrons. The van der Waals surface area contributed by atoms with E-state index in [1.54, 1.807) is 0 Å². The fourth-order valence-corrected chi connectivity index (χ4v) is 3.17. The Hall–Kier alpha value is -0.120. The zero-order chi connectivity index (χ0) is 13.1. The molecule has 2 heterocycles. The van der Waals surface area contributed by atoms with Gasteiger partial charge in [-0.1, -0.05) is 27.2 Å². The third-order valence-corrected chi connectivity index (χ3v) is 4.79. The second-order valence-electron chi connectivity index (χ2n) is 6.61. The number of rotatable bonds is 3. The van der Waals surface area contributed by atoms with Crippen molar-refractivity contribution in [3.05, 3.63) is 0 Å². The minimum atomic E-state index is 0.0290. The van der Waals surface area contributed by atoms with Crippen molar-refractivity contribution >= 4 is 0 Å². The highest BCUT2D eigenvalue weighted by Gasteiger charge is 2.43. The molecule has 0 aromatic heterocycles. The smallest absolute Gasteiger partial charge is 0.0858 e. The molecule has 3 nitrogen and oxygen atoms in total. The lowest BCUT2D eigenvalue weighted by Gasteiger charge is -2.46. The first kappa shape index (κ1) is 14.3. The van der Waals surface area contributed by atoms with E-state index in [0.29, 0.717) is 11.5 Å². The van der Waals surface area contributed by atoms with Crippen LogP contribution in [0.5, 0.6) is 0 Å². The Kier molecular flexibility index (Phi) is 4.68. The average molecular weight is 255 g/mol. The van der Waals surface area contributed by atoms with Crippen LogP contribution >= 0.6 is 0 Å². The maximum Gasteiger partial charge on any atom is 0.0858 e. The molecule has 0 amide bonds. The number of morpholine rings is 1. The molecule has 2 atom stereocenters. The maximum absolute atomic E-state index is 6.25. The van der Waals surface area contributed by atoms with Crippen molar-refractivity contribution in [1.82, 2.24) is 5.32 Å². The molecule has 1 spiro atoms. The molecule has 0 saturated carbocycles. The summed E-state index contributed by atoms with van der Waals surface area (Å²) in [6.07, 6.45) is 5.74. The van der Waals surface area contributed by atoms with Gasteiger partial charge in [0.2, 0.25) is 0 Å². The highest BCUT2D eigenvalue weighted by molar-refractivity contribution is 4.98. The van der Waals surface area contributed by atoms with Gasteiger partial charge < -0.3 is 14.8 Å². The fourth-order valence-electron chi connectivity index (χ4n) is 3.17. The van der Waals surface area contributed by atoms with Crippen molar-refractivity contribution in [2.45, 2.75) is 64.5 Å². The second-order valence-corrected chi connectivity index (χ2v) is 6.61. The summed E-state index contributed by atoms with van der Waals surface area (Å²) in [6.45, 7) is 10.6. The van der Waals surface area contributed by atoms with Crippen LogP contribution in [-0.2, 0) is 9.47 Å². The number of nitrogens with one attached hydrogen (secondary N) is 1. The molecule has 2 aliphatic heterocycles. The lowest BCUT2D eigenvalue weighted by Crippen LogP contribution is -2.59. The van der Waals surface area contributed by atoms with E-state index in [1.165, 1.54) is 12.8 Å². The van der Waals surface area contributed by atoms with Gasteiger partial charge in [0.1, 0.15) is 0 Å². The van der Waals surface area contributed by atoms with E-state index in [1.807, 2.05) is 0 Å². The summed E-state index contributed by atoms with van der Waals surface area (Å²) in [4.78, 5) is 0. The molecule has 1 N–H and O–H groups in total. The molecule has 2 rings (SSSR count). The van der Waals surface area contributed by atoms with E-state index in [2.05, 4.69) is 26.1 Å². The molecular formula is C15H29NO2. The van der Waals surface area contributed by atoms with Crippen molar-refractivity contribution in [1.29, 1.82) is 0 Å². The third-order valence-electron chi connectivity index (χ3n) is 4.79. The number of ether oxygens (including phenoxy) is 2. The molecular weight excluding hydrogens is 226 g/mol. The molecule has 18 heavy (non-hydrogen) atoms. The lowest BCUT2D eigenvalue weighted by atomic mass is 9.75. The summed E-state index contributed by atoms with van der Waals surface area (Å²) < 4.78 is 11.9. The lowest BCUT2D eigenvalue weighted by molar-refractivity contribution is -0.115. The van der Waals surface area contributed by atoms with E-state index >= 15 is 0 Å². The predicted octanol–water partition coefficient (Wildman–Crippen LogP) is 2.74. The Balaban J connectivity index is 2.09. The van der Waals surface area contributed by atoms with Gasteiger partial charge in [-0.2, -0.15) is 0 Å². The minimum Gasteiger partial charge on any atom is -0.381 e. The molecule has 0 bridgehead atoms. The van der Waals surface area contributed by atoms with E-state index < -0.39 is 0 Å². The van der Waals surface area contributed by atoms with Crippen molar-refractivity contribution in [2.24, 2.45) is 5.41 Å². The quantitative estimate of drug-likeness (QED) is 0.841. The van der Waals surface area contributed by atoms with Gasteiger partial charge >= 0.3 is 0 Å². The summed E-state index contributed by atoms with van der Waals surface area (Å²) in [7, 11) is 0. The van der Waals surface area contributed by atoms with Crippen LogP contribution in [0.4, 0.5) is 0 Å².